The highest BCUT2D eigenvalue weighted by Gasteiger charge is 2.31. The Hall–Kier alpha value is -0.120. The van der Waals surface area contributed by atoms with Crippen LogP contribution in [0.25, 0.3) is 0 Å². The second-order valence-electron chi connectivity index (χ2n) is 4.66. The highest BCUT2D eigenvalue weighted by molar-refractivity contribution is 4.84. The molecule has 0 spiro atoms. The van der Waals surface area contributed by atoms with Gasteiger partial charge in [-0.2, -0.15) is 0 Å². The molecule has 2 aliphatic rings. The van der Waals surface area contributed by atoms with Gasteiger partial charge in [0.25, 0.3) is 0 Å². The summed E-state index contributed by atoms with van der Waals surface area (Å²) < 4.78 is 5.90. The second-order valence-corrected chi connectivity index (χ2v) is 4.66. The van der Waals surface area contributed by atoms with E-state index in [0.29, 0.717) is 0 Å². The van der Waals surface area contributed by atoms with Gasteiger partial charge in [0, 0.05) is 6.04 Å². The summed E-state index contributed by atoms with van der Waals surface area (Å²) in [7, 11) is 0. The molecule has 0 saturated heterocycles. The summed E-state index contributed by atoms with van der Waals surface area (Å²) in [5, 5.41) is 9.75. The van der Waals surface area contributed by atoms with E-state index >= 15 is 0 Å². The fourth-order valence-corrected chi connectivity index (χ4v) is 2.58. The van der Waals surface area contributed by atoms with Crippen molar-refractivity contribution < 1.29 is 9.84 Å². The third-order valence-corrected chi connectivity index (χ3v) is 3.52. The molecule has 2 rings (SSSR count). The first kappa shape index (κ1) is 10.4. The molecule has 0 radical (unpaired) electrons. The van der Waals surface area contributed by atoms with Gasteiger partial charge in [-0.3, -0.25) is 0 Å². The van der Waals surface area contributed by atoms with E-state index < -0.39 is 0 Å². The largest absolute Gasteiger partial charge is 0.390 e. The van der Waals surface area contributed by atoms with Crippen molar-refractivity contribution in [3.05, 3.63) is 0 Å². The number of aliphatic hydroxyl groups excluding tert-OH is 1. The van der Waals surface area contributed by atoms with E-state index in [0.717, 1.165) is 32.1 Å². The van der Waals surface area contributed by atoms with Gasteiger partial charge in [-0.05, 0) is 32.1 Å². The molecule has 2 saturated carbocycles. The molecule has 0 aromatic heterocycles. The predicted octanol–water partition coefficient (Wildman–Crippen LogP) is 1.19. The lowest BCUT2D eigenvalue weighted by molar-refractivity contribution is -0.0952. The van der Waals surface area contributed by atoms with E-state index in [1.165, 1.54) is 12.8 Å². The summed E-state index contributed by atoms with van der Waals surface area (Å²) in [4.78, 5) is 0. The molecule has 3 N–H and O–H groups in total. The third kappa shape index (κ3) is 2.27. The third-order valence-electron chi connectivity index (χ3n) is 3.52. The zero-order valence-corrected chi connectivity index (χ0v) is 8.69. The van der Waals surface area contributed by atoms with Crippen LogP contribution in [-0.2, 0) is 4.74 Å². The van der Waals surface area contributed by atoms with Gasteiger partial charge in [0.05, 0.1) is 18.3 Å². The predicted molar refractivity (Wildman–Crippen MR) is 55.0 cm³/mol. The van der Waals surface area contributed by atoms with Crippen molar-refractivity contribution in [2.45, 2.75) is 69.3 Å². The topological polar surface area (TPSA) is 55.5 Å². The first-order chi connectivity index (χ1) is 6.77. The molecular formula is C11H21NO2. The Balaban J connectivity index is 1.83. The standard InChI is InChI=1S/C11H21NO2/c12-8-4-3-7-10(8)14-11-6-2-1-5-9(11)13/h8-11,13H,1-7,12H2. The first-order valence-corrected chi connectivity index (χ1v) is 5.86. The Bertz CT molecular complexity index is 186. The summed E-state index contributed by atoms with van der Waals surface area (Å²) in [6.45, 7) is 0. The summed E-state index contributed by atoms with van der Waals surface area (Å²) >= 11 is 0. The van der Waals surface area contributed by atoms with E-state index in [9.17, 15) is 5.11 Å². The number of hydrogen-bond acceptors (Lipinski definition) is 3. The molecule has 2 aliphatic carbocycles. The molecule has 0 amide bonds. The van der Waals surface area contributed by atoms with Crippen molar-refractivity contribution in [1.82, 2.24) is 0 Å². The maximum absolute atomic E-state index is 9.75. The van der Waals surface area contributed by atoms with Gasteiger partial charge in [-0.15, -0.1) is 0 Å². The van der Waals surface area contributed by atoms with Gasteiger partial charge in [0.15, 0.2) is 0 Å². The molecule has 0 aromatic carbocycles. The van der Waals surface area contributed by atoms with Crippen molar-refractivity contribution in [3.63, 3.8) is 0 Å². The second kappa shape index (κ2) is 4.60. The minimum Gasteiger partial charge on any atom is -0.390 e. The highest BCUT2D eigenvalue weighted by Crippen LogP contribution is 2.27. The molecular weight excluding hydrogens is 178 g/mol. The van der Waals surface area contributed by atoms with Crippen LogP contribution in [0.15, 0.2) is 0 Å². The zero-order valence-electron chi connectivity index (χ0n) is 8.69. The molecule has 3 heteroatoms. The number of ether oxygens (including phenoxy) is 1. The van der Waals surface area contributed by atoms with Crippen LogP contribution < -0.4 is 5.73 Å². The fourth-order valence-electron chi connectivity index (χ4n) is 2.58. The van der Waals surface area contributed by atoms with Crippen LogP contribution in [-0.4, -0.2) is 29.5 Å². The quantitative estimate of drug-likeness (QED) is 0.702. The zero-order chi connectivity index (χ0) is 9.97. The normalized spacial score (nSPS) is 44.1. The molecule has 0 aromatic rings. The van der Waals surface area contributed by atoms with E-state index in [2.05, 4.69) is 0 Å². The number of aliphatic hydroxyl groups is 1. The maximum atomic E-state index is 9.75. The molecule has 14 heavy (non-hydrogen) atoms. The van der Waals surface area contributed by atoms with Crippen LogP contribution in [0.3, 0.4) is 0 Å². The molecule has 0 heterocycles. The van der Waals surface area contributed by atoms with Crippen molar-refractivity contribution in [2.24, 2.45) is 5.73 Å². The summed E-state index contributed by atoms with van der Waals surface area (Å²) in [5.74, 6) is 0. The van der Waals surface area contributed by atoms with Crippen molar-refractivity contribution in [2.75, 3.05) is 0 Å². The van der Waals surface area contributed by atoms with Crippen LogP contribution in [0.2, 0.25) is 0 Å². The number of rotatable bonds is 2. The lowest BCUT2D eigenvalue weighted by Crippen LogP contribution is -2.40. The minimum atomic E-state index is -0.253. The van der Waals surface area contributed by atoms with Gasteiger partial charge in [0.1, 0.15) is 0 Å². The van der Waals surface area contributed by atoms with E-state index in [4.69, 9.17) is 10.5 Å². The molecule has 4 atom stereocenters. The molecule has 2 fully saturated rings. The van der Waals surface area contributed by atoms with Gasteiger partial charge in [0.2, 0.25) is 0 Å². The number of hydrogen-bond donors (Lipinski definition) is 2. The molecule has 0 aliphatic heterocycles. The van der Waals surface area contributed by atoms with Crippen LogP contribution >= 0.6 is 0 Å². The monoisotopic (exact) mass is 199 g/mol. The fraction of sp³-hybridized carbons (Fsp3) is 1.00. The Kier molecular flexibility index (Phi) is 3.42. The first-order valence-electron chi connectivity index (χ1n) is 5.86. The Morgan fingerprint density at radius 2 is 1.64 bits per heavy atom. The molecule has 4 unspecified atom stereocenters. The van der Waals surface area contributed by atoms with Crippen molar-refractivity contribution >= 4 is 0 Å². The minimum absolute atomic E-state index is 0.0536. The van der Waals surface area contributed by atoms with Crippen molar-refractivity contribution in [3.8, 4) is 0 Å². The molecule has 82 valence electrons. The van der Waals surface area contributed by atoms with Gasteiger partial charge in [-0.25, -0.2) is 0 Å². The maximum Gasteiger partial charge on any atom is 0.0838 e. The summed E-state index contributed by atoms with van der Waals surface area (Å²) in [6.07, 6.45) is 7.55. The smallest absolute Gasteiger partial charge is 0.0838 e. The van der Waals surface area contributed by atoms with E-state index in [-0.39, 0.29) is 24.4 Å². The van der Waals surface area contributed by atoms with Gasteiger partial charge in [-0.1, -0.05) is 12.8 Å². The summed E-state index contributed by atoms with van der Waals surface area (Å²) in [5.41, 5.74) is 5.93. The Morgan fingerprint density at radius 3 is 2.29 bits per heavy atom. The Morgan fingerprint density at radius 1 is 0.929 bits per heavy atom. The number of nitrogens with two attached hydrogens (primary N) is 1. The highest BCUT2D eigenvalue weighted by atomic mass is 16.5. The summed E-state index contributed by atoms with van der Waals surface area (Å²) in [6, 6.07) is 0.198. The van der Waals surface area contributed by atoms with Crippen LogP contribution in [0.5, 0.6) is 0 Å². The lowest BCUT2D eigenvalue weighted by Gasteiger charge is -2.31. The van der Waals surface area contributed by atoms with Gasteiger partial charge < -0.3 is 15.6 Å². The van der Waals surface area contributed by atoms with E-state index in [1.54, 1.807) is 0 Å². The van der Waals surface area contributed by atoms with E-state index in [1.807, 2.05) is 0 Å². The SMILES string of the molecule is NC1CCCC1OC1CCCCC1O. The lowest BCUT2D eigenvalue weighted by atomic mass is 9.94. The average Bonchev–Trinajstić information content (AvgIpc) is 2.56. The van der Waals surface area contributed by atoms with Crippen LogP contribution in [0.4, 0.5) is 0 Å². The van der Waals surface area contributed by atoms with Crippen LogP contribution in [0, 0.1) is 0 Å². The average molecular weight is 199 g/mol. The van der Waals surface area contributed by atoms with Crippen molar-refractivity contribution in [1.29, 1.82) is 0 Å². The Labute approximate surface area is 85.6 Å². The van der Waals surface area contributed by atoms with Gasteiger partial charge >= 0.3 is 0 Å². The molecule has 0 bridgehead atoms. The van der Waals surface area contributed by atoms with Crippen LogP contribution in [0.1, 0.15) is 44.9 Å². The molecule has 3 nitrogen and oxygen atoms in total.